The number of para-hydroxylation sites is 1. The van der Waals surface area contributed by atoms with Crippen LogP contribution < -0.4 is 10.1 Å². The summed E-state index contributed by atoms with van der Waals surface area (Å²) >= 11 is 1.59. The molecule has 6 heteroatoms. The molecule has 1 aliphatic rings. The SMILES string of the molecule is CNC(=O)CCN1C(=O)[C@@H](C)S[C@H]1c1ccccc1OC. The average molecular weight is 308 g/mol. The summed E-state index contributed by atoms with van der Waals surface area (Å²) in [5.74, 6) is 0.771. The number of hydrogen-bond acceptors (Lipinski definition) is 4. The first kappa shape index (κ1) is 15.7. The third kappa shape index (κ3) is 3.32. The Kier molecular flexibility index (Phi) is 5.12. The van der Waals surface area contributed by atoms with Gasteiger partial charge in [-0.05, 0) is 13.0 Å². The van der Waals surface area contributed by atoms with Crippen molar-refractivity contribution in [3.63, 3.8) is 0 Å². The maximum Gasteiger partial charge on any atom is 0.236 e. The molecule has 0 aromatic heterocycles. The smallest absolute Gasteiger partial charge is 0.236 e. The summed E-state index contributed by atoms with van der Waals surface area (Å²) in [5.41, 5.74) is 0.972. The molecule has 1 heterocycles. The average Bonchev–Trinajstić information content (AvgIpc) is 2.80. The van der Waals surface area contributed by atoms with E-state index >= 15 is 0 Å². The van der Waals surface area contributed by atoms with Crippen molar-refractivity contribution in [3.05, 3.63) is 29.8 Å². The molecule has 0 bridgehead atoms. The van der Waals surface area contributed by atoms with Crippen LogP contribution in [0.25, 0.3) is 0 Å². The van der Waals surface area contributed by atoms with E-state index in [0.717, 1.165) is 11.3 Å². The van der Waals surface area contributed by atoms with Crippen molar-refractivity contribution in [2.24, 2.45) is 0 Å². The third-order valence-corrected chi connectivity index (χ3v) is 4.89. The molecule has 2 amide bonds. The zero-order chi connectivity index (χ0) is 15.4. The van der Waals surface area contributed by atoms with Crippen LogP contribution in [0, 0.1) is 0 Å². The van der Waals surface area contributed by atoms with Crippen LogP contribution in [0.3, 0.4) is 0 Å². The number of carbonyl (C=O) groups excluding carboxylic acids is 2. The fourth-order valence-corrected chi connectivity index (χ4v) is 3.70. The van der Waals surface area contributed by atoms with Crippen LogP contribution in [-0.2, 0) is 9.59 Å². The first-order chi connectivity index (χ1) is 10.1. The summed E-state index contributed by atoms with van der Waals surface area (Å²) in [4.78, 5) is 25.5. The van der Waals surface area contributed by atoms with Crippen LogP contribution in [0.5, 0.6) is 5.75 Å². The maximum absolute atomic E-state index is 12.3. The van der Waals surface area contributed by atoms with Crippen molar-refractivity contribution in [3.8, 4) is 5.75 Å². The number of nitrogens with zero attached hydrogens (tertiary/aromatic N) is 1. The van der Waals surface area contributed by atoms with Gasteiger partial charge >= 0.3 is 0 Å². The van der Waals surface area contributed by atoms with Gasteiger partial charge in [-0.25, -0.2) is 0 Å². The Hall–Kier alpha value is -1.69. The van der Waals surface area contributed by atoms with Crippen molar-refractivity contribution in [2.45, 2.75) is 24.0 Å². The molecule has 2 atom stereocenters. The Morgan fingerprint density at radius 3 is 2.81 bits per heavy atom. The lowest BCUT2D eigenvalue weighted by Gasteiger charge is -2.25. The molecule has 21 heavy (non-hydrogen) atoms. The van der Waals surface area contributed by atoms with Crippen LogP contribution in [0.4, 0.5) is 0 Å². The number of hydrogen-bond donors (Lipinski definition) is 1. The highest BCUT2D eigenvalue weighted by molar-refractivity contribution is 8.01. The van der Waals surface area contributed by atoms with Gasteiger partial charge in [0.25, 0.3) is 0 Å². The van der Waals surface area contributed by atoms with Gasteiger partial charge in [0, 0.05) is 25.6 Å². The number of thioether (sulfide) groups is 1. The molecule has 0 aliphatic carbocycles. The molecule has 0 spiro atoms. The van der Waals surface area contributed by atoms with Gasteiger partial charge in [-0.15, -0.1) is 11.8 Å². The summed E-state index contributed by atoms with van der Waals surface area (Å²) in [6.07, 6.45) is 0.307. The van der Waals surface area contributed by atoms with Crippen molar-refractivity contribution >= 4 is 23.6 Å². The second-order valence-corrected chi connectivity index (χ2v) is 6.25. The predicted molar refractivity (Wildman–Crippen MR) is 83.2 cm³/mol. The Morgan fingerprint density at radius 1 is 1.43 bits per heavy atom. The second kappa shape index (κ2) is 6.85. The fourth-order valence-electron chi connectivity index (χ4n) is 2.36. The molecular weight excluding hydrogens is 288 g/mol. The lowest BCUT2D eigenvalue weighted by molar-refractivity contribution is -0.130. The minimum atomic E-state index is -0.107. The van der Waals surface area contributed by atoms with Crippen LogP contribution in [0.15, 0.2) is 24.3 Å². The molecule has 1 aliphatic heterocycles. The first-order valence-corrected chi connectivity index (χ1v) is 7.82. The van der Waals surface area contributed by atoms with Crippen molar-refractivity contribution in [1.29, 1.82) is 0 Å². The quantitative estimate of drug-likeness (QED) is 0.901. The van der Waals surface area contributed by atoms with E-state index in [2.05, 4.69) is 5.32 Å². The summed E-state index contributed by atoms with van der Waals surface area (Å²) in [6, 6.07) is 7.69. The maximum atomic E-state index is 12.3. The summed E-state index contributed by atoms with van der Waals surface area (Å²) < 4.78 is 5.39. The van der Waals surface area contributed by atoms with E-state index in [-0.39, 0.29) is 22.4 Å². The molecule has 1 fully saturated rings. The number of ether oxygens (including phenoxy) is 1. The Balaban J connectivity index is 2.23. The first-order valence-electron chi connectivity index (χ1n) is 6.88. The van der Waals surface area contributed by atoms with E-state index in [0.29, 0.717) is 13.0 Å². The molecule has 0 radical (unpaired) electrons. The van der Waals surface area contributed by atoms with Gasteiger partial charge in [0.1, 0.15) is 11.1 Å². The van der Waals surface area contributed by atoms with Gasteiger partial charge in [-0.3, -0.25) is 9.59 Å². The molecule has 0 unspecified atom stereocenters. The van der Waals surface area contributed by atoms with E-state index in [1.54, 1.807) is 30.8 Å². The van der Waals surface area contributed by atoms with Gasteiger partial charge in [0.05, 0.1) is 12.4 Å². The van der Waals surface area contributed by atoms with E-state index in [1.807, 2.05) is 31.2 Å². The molecule has 114 valence electrons. The predicted octanol–water partition coefficient (Wildman–Crippen LogP) is 1.79. The number of methoxy groups -OCH3 is 1. The molecule has 2 rings (SSSR count). The molecular formula is C15H20N2O3S. The van der Waals surface area contributed by atoms with Crippen molar-refractivity contribution < 1.29 is 14.3 Å². The molecule has 1 saturated heterocycles. The zero-order valence-electron chi connectivity index (χ0n) is 12.5. The van der Waals surface area contributed by atoms with Gasteiger partial charge in [-0.2, -0.15) is 0 Å². The van der Waals surface area contributed by atoms with Gasteiger partial charge in [0.15, 0.2) is 0 Å². The number of rotatable bonds is 5. The van der Waals surface area contributed by atoms with Gasteiger partial charge in [-0.1, -0.05) is 18.2 Å². The molecule has 1 aromatic rings. The zero-order valence-corrected chi connectivity index (χ0v) is 13.3. The lowest BCUT2D eigenvalue weighted by atomic mass is 10.1. The highest BCUT2D eigenvalue weighted by Gasteiger charge is 2.39. The minimum absolute atomic E-state index is 0.0638. The summed E-state index contributed by atoms with van der Waals surface area (Å²) in [6.45, 7) is 2.31. The highest BCUT2D eigenvalue weighted by atomic mass is 32.2. The molecule has 1 N–H and O–H groups in total. The summed E-state index contributed by atoms with van der Waals surface area (Å²) in [7, 11) is 3.22. The normalized spacial score (nSPS) is 21.5. The molecule has 1 aromatic carbocycles. The van der Waals surface area contributed by atoms with Crippen LogP contribution in [0.1, 0.15) is 24.3 Å². The van der Waals surface area contributed by atoms with Crippen LogP contribution >= 0.6 is 11.8 Å². The van der Waals surface area contributed by atoms with E-state index in [1.165, 1.54) is 0 Å². The number of amides is 2. The monoisotopic (exact) mass is 308 g/mol. The highest BCUT2D eigenvalue weighted by Crippen LogP contribution is 2.45. The Morgan fingerprint density at radius 2 is 2.14 bits per heavy atom. The number of nitrogens with one attached hydrogen (secondary N) is 1. The molecule has 0 saturated carbocycles. The Bertz CT molecular complexity index is 535. The topological polar surface area (TPSA) is 58.6 Å². The van der Waals surface area contributed by atoms with E-state index in [4.69, 9.17) is 4.74 Å². The third-order valence-electron chi connectivity index (χ3n) is 3.51. The second-order valence-electron chi connectivity index (χ2n) is 4.83. The van der Waals surface area contributed by atoms with Gasteiger partial charge < -0.3 is 15.0 Å². The van der Waals surface area contributed by atoms with E-state index in [9.17, 15) is 9.59 Å². The minimum Gasteiger partial charge on any atom is -0.496 e. The van der Waals surface area contributed by atoms with Crippen LogP contribution in [0.2, 0.25) is 0 Å². The number of benzene rings is 1. The molecule has 5 nitrogen and oxygen atoms in total. The van der Waals surface area contributed by atoms with Gasteiger partial charge in [0.2, 0.25) is 11.8 Å². The standard InChI is InChI=1S/C15H20N2O3S/c1-10-14(19)17(9-8-13(18)16-2)15(21-10)11-6-4-5-7-12(11)20-3/h4-7,10,15H,8-9H2,1-3H3,(H,16,18)/t10-,15+/m1/s1. The summed E-state index contributed by atoms with van der Waals surface area (Å²) in [5, 5.41) is 2.37. The van der Waals surface area contributed by atoms with Crippen molar-refractivity contribution in [1.82, 2.24) is 10.2 Å². The largest absolute Gasteiger partial charge is 0.496 e. The number of carbonyl (C=O) groups is 2. The fraction of sp³-hybridized carbons (Fsp3) is 0.467. The lowest BCUT2D eigenvalue weighted by Crippen LogP contribution is -2.34. The van der Waals surface area contributed by atoms with E-state index < -0.39 is 0 Å². The Labute approximate surface area is 129 Å². The van der Waals surface area contributed by atoms with Crippen molar-refractivity contribution in [2.75, 3.05) is 20.7 Å². The van der Waals surface area contributed by atoms with Crippen LogP contribution in [-0.4, -0.2) is 42.7 Å².